The molecule has 35 heavy (non-hydrogen) atoms. The Kier molecular flexibility index (Phi) is 6.16. The van der Waals surface area contributed by atoms with Gasteiger partial charge in [0.1, 0.15) is 17.9 Å². The molecule has 178 valence electrons. The molecule has 0 radical (unpaired) electrons. The topological polar surface area (TPSA) is 61.8 Å². The number of ketones is 1. The summed E-state index contributed by atoms with van der Waals surface area (Å²) in [5.74, 6) is 0.790. The summed E-state index contributed by atoms with van der Waals surface area (Å²) in [6.07, 6.45) is 3.58. The number of hydrogen-bond acceptors (Lipinski definition) is 5. The molecule has 3 aromatic carbocycles. The van der Waals surface area contributed by atoms with Crippen LogP contribution in [0.1, 0.15) is 45.8 Å². The van der Waals surface area contributed by atoms with Crippen molar-refractivity contribution in [3.05, 3.63) is 107 Å². The van der Waals surface area contributed by atoms with Gasteiger partial charge in [-0.25, -0.2) is 4.79 Å². The first-order valence-corrected chi connectivity index (χ1v) is 11.8. The SMILES string of the molecule is CO/C=C(/C(=O)OC)c1ccccc1COc1cccc([C@H]2[C@H](C(=O)c3ccccc3)C23CC3)c1. The van der Waals surface area contributed by atoms with E-state index < -0.39 is 5.97 Å². The van der Waals surface area contributed by atoms with Crippen LogP contribution in [0.25, 0.3) is 5.57 Å². The fraction of sp³-hybridized carbons (Fsp3) is 0.267. The number of carbonyl (C=O) groups is 2. The molecule has 1 spiro atoms. The van der Waals surface area contributed by atoms with Crippen LogP contribution in [0.15, 0.2) is 85.1 Å². The lowest BCUT2D eigenvalue weighted by molar-refractivity contribution is -0.133. The molecule has 0 heterocycles. The van der Waals surface area contributed by atoms with Crippen LogP contribution in [0.3, 0.4) is 0 Å². The largest absolute Gasteiger partial charge is 0.503 e. The van der Waals surface area contributed by atoms with Crippen LogP contribution in [-0.4, -0.2) is 26.0 Å². The van der Waals surface area contributed by atoms with Gasteiger partial charge in [0.15, 0.2) is 5.78 Å². The van der Waals surface area contributed by atoms with Gasteiger partial charge in [0.2, 0.25) is 0 Å². The highest BCUT2D eigenvalue weighted by Crippen LogP contribution is 2.79. The molecule has 2 saturated carbocycles. The Hall–Kier alpha value is -3.86. The summed E-state index contributed by atoms with van der Waals surface area (Å²) in [5, 5.41) is 0. The number of Topliss-reactive ketones (excluding diaryl/α,β-unsaturated/α-hetero) is 1. The summed E-state index contributed by atoms with van der Waals surface area (Å²) in [6, 6.07) is 25.2. The predicted molar refractivity (Wildman–Crippen MR) is 133 cm³/mol. The van der Waals surface area contributed by atoms with Gasteiger partial charge in [0.05, 0.1) is 20.5 Å². The number of ether oxygens (including phenoxy) is 3. The van der Waals surface area contributed by atoms with E-state index in [1.165, 1.54) is 20.5 Å². The van der Waals surface area contributed by atoms with Gasteiger partial charge >= 0.3 is 5.97 Å². The monoisotopic (exact) mass is 468 g/mol. The number of methoxy groups -OCH3 is 2. The Labute approximate surface area is 205 Å². The minimum atomic E-state index is -0.473. The Balaban J connectivity index is 1.34. The van der Waals surface area contributed by atoms with Crippen molar-refractivity contribution in [3.8, 4) is 5.75 Å². The Morgan fingerprint density at radius 1 is 0.943 bits per heavy atom. The van der Waals surface area contributed by atoms with Crippen LogP contribution in [0.4, 0.5) is 0 Å². The summed E-state index contributed by atoms with van der Waals surface area (Å²) >= 11 is 0. The van der Waals surface area contributed by atoms with E-state index in [1.54, 1.807) is 0 Å². The lowest BCUT2D eigenvalue weighted by Gasteiger charge is -2.13. The minimum Gasteiger partial charge on any atom is -0.503 e. The maximum atomic E-state index is 13.2. The molecule has 2 fully saturated rings. The molecular weight excluding hydrogens is 440 g/mol. The van der Waals surface area contributed by atoms with Crippen LogP contribution in [0, 0.1) is 11.3 Å². The highest BCUT2D eigenvalue weighted by Gasteiger charge is 2.74. The summed E-state index contributed by atoms with van der Waals surface area (Å²) in [6.45, 7) is 0.278. The average Bonchev–Trinajstić information content (AvgIpc) is 3.83. The number of rotatable bonds is 9. The first kappa shape index (κ1) is 22.9. The van der Waals surface area contributed by atoms with Gasteiger partial charge in [-0.3, -0.25) is 4.79 Å². The molecule has 2 atom stereocenters. The van der Waals surface area contributed by atoms with Gasteiger partial charge in [-0.15, -0.1) is 0 Å². The van der Waals surface area contributed by atoms with Crippen LogP contribution < -0.4 is 4.74 Å². The zero-order chi connectivity index (χ0) is 24.4. The zero-order valence-electron chi connectivity index (χ0n) is 19.9. The molecule has 0 aromatic heterocycles. The summed E-state index contributed by atoms with van der Waals surface area (Å²) in [7, 11) is 2.84. The molecule has 0 bridgehead atoms. The van der Waals surface area contributed by atoms with E-state index in [0.717, 1.165) is 35.3 Å². The lowest BCUT2D eigenvalue weighted by atomic mass is 10.0. The quantitative estimate of drug-likeness (QED) is 0.172. The van der Waals surface area contributed by atoms with Crippen LogP contribution in [0.5, 0.6) is 5.75 Å². The molecule has 0 N–H and O–H groups in total. The second-order valence-corrected chi connectivity index (χ2v) is 9.20. The molecule has 2 aliphatic rings. The predicted octanol–water partition coefficient (Wildman–Crippen LogP) is 5.80. The summed E-state index contributed by atoms with van der Waals surface area (Å²) in [5.41, 5.74) is 3.94. The van der Waals surface area contributed by atoms with E-state index >= 15 is 0 Å². The summed E-state index contributed by atoms with van der Waals surface area (Å²) in [4.78, 5) is 25.5. The molecule has 0 aliphatic heterocycles. The van der Waals surface area contributed by atoms with Crippen molar-refractivity contribution in [3.63, 3.8) is 0 Å². The van der Waals surface area contributed by atoms with Gasteiger partial charge in [0.25, 0.3) is 0 Å². The fourth-order valence-electron chi connectivity index (χ4n) is 5.29. The van der Waals surface area contributed by atoms with Crippen LogP contribution in [0.2, 0.25) is 0 Å². The van der Waals surface area contributed by atoms with Gasteiger partial charge in [-0.1, -0.05) is 66.7 Å². The normalized spacial score (nSPS) is 19.7. The van der Waals surface area contributed by atoms with E-state index in [4.69, 9.17) is 14.2 Å². The van der Waals surface area contributed by atoms with E-state index in [2.05, 4.69) is 12.1 Å². The van der Waals surface area contributed by atoms with Crippen LogP contribution >= 0.6 is 0 Å². The number of carbonyl (C=O) groups excluding carboxylic acids is 2. The van der Waals surface area contributed by atoms with Crippen molar-refractivity contribution in [1.82, 2.24) is 0 Å². The molecule has 0 amide bonds. The highest BCUT2D eigenvalue weighted by molar-refractivity contribution is 6.16. The van der Waals surface area contributed by atoms with Crippen molar-refractivity contribution in [2.24, 2.45) is 11.3 Å². The zero-order valence-corrected chi connectivity index (χ0v) is 19.9. The maximum Gasteiger partial charge on any atom is 0.341 e. The van der Waals surface area contributed by atoms with E-state index in [9.17, 15) is 9.59 Å². The second-order valence-electron chi connectivity index (χ2n) is 9.20. The standard InChI is InChI=1S/C30H28O5/c1-33-19-25(29(32)34-2)24-14-7-6-11-22(24)18-35-23-13-8-12-21(17-23)26-27(30(26)15-16-30)28(31)20-9-4-3-5-10-20/h3-14,17,19,26-27H,15-16,18H2,1-2H3/b25-19+/t26-,27+/m0/s1. The van der Waals surface area contributed by atoms with Gasteiger partial charge < -0.3 is 14.2 Å². The van der Waals surface area contributed by atoms with Gasteiger partial charge in [-0.05, 0) is 47.1 Å². The van der Waals surface area contributed by atoms with E-state index in [0.29, 0.717) is 11.1 Å². The smallest absolute Gasteiger partial charge is 0.341 e. The highest BCUT2D eigenvalue weighted by atomic mass is 16.5. The molecule has 0 unspecified atom stereocenters. The van der Waals surface area contributed by atoms with Crippen molar-refractivity contribution in [1.29, 1.82) is 0 Å². The van der Waals surface area contributed by atoms with Crippen molar-refractivity contribution < 1.29 is 23.8 Å². The van der Waals surface area contributed by atoms with Crippen molar-refractivity contribution in [2.75, 3.05) is 14.2 Å². The van der Waals surface area contributed by atoms with Crippen molar-refractivity contribution >= 4 is 17.3 Å². The third kappa shape index (κ3) is 4.34. The Morgan fingerprint density at radius 3 is 2.40 bits per heavy atom. The first-order valence-electron chi connectivity index (χ1n) is 11.8. The molecular formula is C30H28O5. The Bertz CT molecular complexity index is 1270. The molecule has 2 aliphatic carbocycles. The summed E-state index contributed by atoms with van der Waals surface area (Å²) < 4.78 is 16.2. The fourth-order valence-corrected chi connectivity index (χ4v) is 5.29. The lowest BCUT2D eigenvalue weighted by Crippen LogP contribution is -2.08. The number of esters is 1. The average molecular weight is 469 g/mol. The second kappa shape index (κ2) is 9.41. The van der Waals surface area contributed by atoms with Gasteiger partial charge in [-0.2, -0.15) is 0 Å². The molecule has 5 heteroatoms. The minimum absolute atomic E-state index is 0.0441. The van der Waals surface area contributed by atoms with Crippen LogP contribution in [-0.2, 0) is 20.9 Å². The molecule has 0 saturated heterocycles. The van der Waals surface area contributed by atoms with E-state index in [1.807, 2.05) is 66.7 Å². The molecule has 5 rings (SSSR count). The first-order chi connectivity index (χ1) is 17.1. The van der Waals surface area contributed by atoms with Gasteiger partial charge in [0, 0.05) is 17.4 Å². The van der Waals surface area contributed by atoms with E-state index in [-0.39, 0.29) is 29.6 Å². The third-order valence-corrected chi connectivity index (χ3v) is 7.19. The molecule has 5 nitrogen and oxygen atoms in total. The molecule has 3 aromatic rings. The number of benzene rings is 3. The maximum absolute atomic E-state index is 13.2. The van der Waals surface area contributed by atoms with Crippen molar-refractivity contribution in [2.45, 2.75) is 25.4 Å². The Morgan fingerprint density at radius 2 is 1.69 bits per heavy atom. The third-order valence-electron chi connectivity index (χ3n) is 7.19. The number of hydrogen-bond donors (Lipinski definition) is 0.